The lowest BCUT2D eigenvalue weighted by molar-refractivity contribution is 0.107. The maximum atomic E-state index is 10.9. The molecule has 20 heavy (non-hydrogen) atoms. The van der Waals surface area contributed by atoms with E-state index in [0.717, 1.165) is 11.1 Å². The highest BCUT2D eigenvalue weighted by molar-refractivity contribution is 6.68. The number of halogens is 2. The first kappa shape index (κ1) is 14.5. The van der Waals surface area contributed by atoms with Crippen molar-refractivity contribution in [2.75, 3.05) is 0 Å². The Hall–Kier alpha value is -1.90. The van der Waals surface area contributed by atoms with Crippen LogP contribution in [0.1, 0.15) is 31.8 Å². The summed E-state index contributed by atoms with van der Waals surface area (Å²) in [5.74, 6) is 0. The van der Waals surface area contributed by atoms with Crippen molar-refractivity contribution >= 4 is 45.8 Å². The van der Waals surface area contributed by atoms with Crippen LogP contribution >= 0.6 is 23.2 Å². The van der Waals surface area contributed by atoms with Crippen LogP contribution in [0, 0.1) is 0 Å². The van der Waals surface area contributed by atoms with Gasteiger partial charge in [-0.3, -0.25) is 9.59 Å². The summed E-state index contributed by atoms with van der Waals surface area (Å²) in [7, 11) is 0. The molecule has 0 aliphatic heterocycles. The third kappa shape index (κ3) is 3.80. The van der Waals surface area contributed by atoms with Gasteiger partial charge in [-0.2, -0.15) is 0 Å². The highest BCUT2D eigenvalue weighted by Gasteiger charge is 2.00. The Morgan fingerprint density at radius 1 is 0.650 bits per heavy atom. The van der Waals surface area contributed by atoms with Gasteiger partial charge in [0.1, 0.15) is 0 Å². The molecule has 0 fully saturated rings. The molecule has 2 rings (SSSR count). The zero-order valence-corrected chi connectivity index (χ0v) is 11.9. The molecule has 0 amide bonds. The minimum atomic E-state index is -0.470. The first-order valence-corrected chi connectivity index (χ1v) is 6.60. The molecule has 0 spiro atoms. The van der Waals surface area contributed by atoms with E-state index in [9.17, 15) is 9.59 Å². The van der Waals surface area contributed by atoms with Crippen molar-refractivity contribution in [3.05, 3.63) is 70.8 Å². The van der Waals surface area contributed by atoms with Crippen molar-refractivity contribution in [1.29, 1.82) is 0 Å². The van der Waals surface area contributed by atoms with Crippen LogP contribution in [-0.4, -0.2) is 10.5 Å². The van der Waals surface area contributed by atoms with E-state index in [-0.39, 0.29) is 0 Å². The summed E-state index contributed by atoms with van der Waals surface area (Å²) >= 11 is 10.7. The second-order valence-corrected chi connectivity index (χ2v) is 4.81. The van der Waals surface area contributed by atoms with E-state index in [0.29, 0.717) is 11.1 Å². The summed E-state index contributed by atoms with van der Waals surface area (Å²) in [6, 6.07) is 13.9. The van der Waals surface area contributed by atoms with Gasteiger partial charge in [0.25, 0.3) is 10.5 Å². The summed E-state index contributed by atoms with van der Waals surface area (Å²) in [6.45, 7) is 0. The molecule has 0 aliphatic rings. The van der Waals surface area contributed by atoms with Gasteiger partial charge in [-0.15, -0.1) is 0 Å². The fourth-order valence-electron chi connectivity index (χ4n) is 1.64. The van der Waals surface area contributed by atoms with Gasteiger partial charge in [0.05, 0.1) is 0 Å². The molecule has 4 heteroatoms. The first-order chi connectivity index (χ1) is 9.56. The molecular formula is C16H10Cl2O2. The number of rotatable bonds is 4. The van der Waals surface area contributed by atoms with E-state index < -0.39 is 10.5 Å². The largest absolute Gasteiger partial charge is 0.276 e. The maximum absolute atomic E-state index is 10.9. The average Bonchev–Trinajstić information content (AvgIpc) is 2.46. The van der Waals surface area contributed by atoms with Crippen LogP contribution in [-0.2, 0) is 0 Å². The van der Waals surface area contributed by atoms with Crippen LogP contribution in [0.2, 0.25) is 0 Å². The molecule has 0 atom stereocenters. The van der Waals surface area contributed by atoms with Crippen molar-refractivity contribution in [3.63, 3.8) is 0 Å². The van der Waals surface area contributed by atoms with Gasteiger partial charge in [0.2, 0.25) is 0 Å². The Morgan fingerprint density at radius 2 is 0.950 bits per heavy atom. The van der Waals surface area contributed by atoms with E-state index in [1.807, 2.05) is 36.4 Å². The number of carbonyl (C=O) groups is 2. The smallest absolute Gasteiger partial charge is 0.252 e. The van der Waals surface area contributed by atoms with Gasteiger partial charge in [-0.05, 0) is 58.6 Å². The van der Waals surface area contributed by atoms with Crippen LogP contribution in [0.5, 0.6) is 0 Å². The lowest BCUT2D eigenvalue weighted by Crippen LogP contribution is -1.87. The zero-order valence-electron chi connectivity index (χ0n) is 10.3. The Bertz CT molecular complexity index is 596. The van der Waals surface area contributed by atoms with Gasteiger partial charge in [0, 0.05) is 11.1 Å². The van der Waals surface area contributed by atoms with Crippen LogP contribution < -0.4 is 0 Å². The molecule has 2 nitrogen and oxygen atoms in total. The summed E-state index contributed by atoms with van der Waals surface area (Å²) in [5.41, 5.74) is 2.83. The van der Waals surface area contributed by atoms with Crippen LogP contribution in [0.4, 0.5) is 0 Å². The molecule has 0 unspecified atom stereocenters. The normalized spacial score (nSPS) is 10.7. The zero-order chi connectivity index (χ0) is 14.5. The van der Waals surface area contributed by atoms with Gasteiger partial charge >= 0.3 is 0 Å². The molecule has 0 saturated heterocycles. The highest BCUT2D eigenvalue weighted by atomic mass is 35.5. The average molecular weight is 305 g/mol. The Balaban J connectivity index is 2.12. The molecule has 0 aromatic heterocycles. The van der Waals surface area contributed by atoms with E-state index in [1.165, 1.54) is 0 Å². The topological polar surface area (TPSA) is 34.1 Å². The van der Waals surface area contributed by atoms with Crippen LogP contribution in [0.3, 0.4) is 0 Å². The molecule has 0 saturated carbocycles. The lowest BCUT2D eigenvalue weighted by atomic mass is 10.1. The molecule has 0 N–H and O–H groups in total. The Morgan fingerprint density at radius 3 is 1.20 bits per heavy atom. The summed E-state index contributed by atoms with van der Waals surface area (Å²) in [4.78, 5) is 21.9. The monoisotopic (exact) mass is 304 g/mol. The minimum absolute atomic E-state index is 0.466. The summed E-state index contributed by atoms with van der Waals surface area (Å²) in [5, 5.41) is -0.941. The number of hydrogen-bond acceptors (Lipinski definition) is 2. The Labute approximate surface area is 126 Å². The predicted molar refractivity (Wildman–Crippen MR) is 82.2 cm³/mol. The highest BCUT2D eigenvalue weighted by Crippen LogP contribution is 2.12. The van der Waals surface area contributed by atoms with Crippen molar-refractivity contribution in [2.45, 2.75) is 0 Å². The molecule has 0 aliphatic carbocycles. The van der Waals surface area contributed by atoms with Crippen LogP contribution in [0.15, 0.2) is 48.5 Å². The fourth-order valence-corrected chi connectivity index (χ4v) is 1.89. The van der Waals surface area contributed by atoms with Crippen molar-refractivity contribution in [2.24, 2.45) is 0 Å². The van der Waals surface area contributed by atoms with E-state index >= 15 is 0 Å². The predicted octanol–water partition coefficient (Wildman–Crippen LogP) is 4.62. The van der Waals surface area contributed by atoms with Gasteiger partial charge in [-0.1, -0.05) is 36.4 Å². The SMILES string of the molecule is O=C(Cl)c1ccc(/C=C\c2ccc(C(=O)Cl)cc2)cc1. The van der Waals surface area contributed by atoms with Gasteiger partial charge < -0.3 is 0 Å². The first-order valence-electron chi connectivity index (χ1n) is 5.84. The molecule has 100 valence electrons. The third-order valence-electron chi connectivity index (χ3n) is 2.74. The fraction of sp³-hybridized carbons (Fsp3) is 0. The number of hydrogen-bond donors (Lipinski definition) is 0. The number of benzene rings is 2. The standard InChI is InChI=1S/C16H10Cl2O2/c17-15(19)13-7-3-11(4-8-13)1-2-12-5-9-14(10-6-12)16(18)20/h1-10H/b2-1-. The van der Waals surface area contributed by atoms with Crippen molar-refractivity contribution < 1.29 is 9.59 Å². The molecule has 2 aromatic rings. The molecule has 2 aromatic carbocycles. The quantitative estimate of drug-likeness (QED) is 0.610. The van der Waals surface area contributed by atoms with E-state index in [4.69, 9.17) is 23.2 Å². The Kier molecular flexibility index (Phi) is 4.72. The molecule has 0 heterocycles. The molecule has 0 radical (unpaired) electrons. The van der Waals surface area contributed by atoms with Crippen molar-refractivity contribution in [3.8, 4) is 0 Å². The van der Waals surface area contributed by atoms with Crippen molar-refractivity contribution in [1.82, 2.24) is 0 Å². The van der Waals surface area contributed by atoms with E-state index in [2.05, 4.69) is 0 Å². The minimum Gasteiger partial charge on any atom is -0.276 e. The second kappa shape index (κ2) is 6.51. The number of carbonyl (C=O) groups excluding carboxylic acids is 2. The van der Waals surface area contributed by atoms with Gasteiger partial charge in [0.15, 0.2) is 0 Å². The lowest BCUT2D eigenvalue weighted by Gasteiger charge is -1.97. The maximum Gasteiger partial charge on any atom is 0.252 e. The third-order valence-corrected chi connectivity index (χ3v) is 3.18. The van der Waals surface area contributed by atoms with Gasteiger partial charge in [-0.25, -0.2) is 0 Å². The second-order valence-electron chi connectivity index (χ2n) is 4.12. The summed E-state index contributed by atoms with van der Waals surface area (Å²) < 4.78 is 0. The van der Waals surface area contributed by atoms with Crippen LogP contribution in [0.25, 0.3) is 12.2 Å². The van der Waals surface area contributed by atoms with E-state index in [1.54, 1.807) is 24.3 Å². The molecular weight excluding hydrogens is 295 g/mol. The molecule has 0 bridgehead atoms. The summed E-state index contributed by atoms with van der Waals surface area (Å²) in [6.07, 6.45) is 3.81.